The third-order valence-corrected chi connectivity index (χ3v) is 6.37. The lowest BCUT2D eigenvalue weighted by Crippen LogP contribution is -2.66. The molecule has 23 heavy (non-hydrogen) atoms. The number of rotatable bonds is 7. The van der Waals surface area contributed by atoms with Gasteiger partial charge in [0.25, 0.3) is 0 Å². The van der Waals surface area contributed by atoms with E-state index in [0.717, 1.165) is 25.5 Å². The molecule has 3 unspecified atom stereocenters. The van der Waals surface area contributed by atoms with Crippen LogP contribution >= 0.6 is 0 Å². The van der Waals surface area contributed by atoms with Crippen LogP contribution in [0.1, 0.15) is 51.9 Å². The molecule has 134 valence electrons. The number of carbonyl (C=O) groups is 1. The number of carbonyl (C=O) groups excluding carboxylic acids is 1. The molecule has 2 aliphatic carbocycles. The standard InChI is InChI=1S/C16H30N2O4S/c1-3-22-14-11-13(16(14)8-5-4-6-9-16)18-15(19)12(17)7-10-23(2,20)21/h12-14H,3-11,17H2,1-2H3,(H,18,19). The van der Waals surface area contributed by atoms with Crippen molar-refractivity contribution < 1.29 is 17.9 Å². The molecule has 0 heterocycles. The highest BCUT2D eigenvalue weighted by atomic mass is 32.2. The molecule has 0 aromatic heterocycles. The maximum Gasteiger partial charge on any atom is 0.237 e. The lowest BCUT2D eigenvalue weighted by molar-refractivity contribution is -0.157. The van der Waals surface area contributed by atoms with E-state index in [1.165, 1.54) is 19.3 Å². The average Bonchev–Trinajstić information content (AvgIpc) is 2.51. The molecule has 2 rings (SSSR count). The first-order valence-electron chi connectivity index (χ1n) is 8.64. The first-order valence-corrected chi connectivity index (χ1v) is 10.7. The van der Waals surface area contributed by atoms with Crippen molar-refractivity contribution in [3.05, 3.63) is 0 Å². The zero-order chi connectivity index (χ0) is 17.1. The number of nitrogens with one attached hydrogen (secondary N) is 1. The normalized spacial score (nSPS) is 28.1. The van der Waals surface area contributed by atoms with Crippen LogP contribution in [0, 0.1) is 5.41 Å². The highest BCUT2D eigenvalue weighted by Crippen LogP contribution is 2.53. The van der Waals surface area contributed by atoms with E-state index in [1.54, 1.807) is 0 Å². The molecule has 3 N–H and O–H groups in total. The van der Waals surface area contributed by atoms with Crippen LogP contribution in [0.15, 0.2) is 0 Å². The Bertz CT molecular complexity index is 514. The summed E-state index contributed by atoms with van der Waals surface area (Å²) in [5, 5.41) is 3.06. The highest BCUT2D eigenvalue weighted by molar-refractivity contribution is 7.90. The minimum Gasteiger partial charge on any atom is -0.378 e. The number of hydrogen-bond acceptors (Lipinski definition) is 5. The zero-order valence-corrected chi connectivity index (χ0v) is 15.0. The average molecular weight is 346 g/mol. The molecule has 0 saturated heterocycles. The molecule has 0 aromatic carbocycles. The molecule has 7 heteroatoms. The van der Waals surface area contributed by atoms with Gasteiger partial charge in [0.05, 0.1) is 17.9 Å². The van der Waals surface area contributed by atoms with Crippen LogP contribution in [0.4, 0.5) is 0 Å². The second-order valence-corrected chi connectivity index (χ2v) is 9.32. The summed E-state index contributed by atoms with van der Waals surface area (Å²) in [7, 11) is -3.10. The van der Waals surface area contributed by atoms with Crippen LogP contribution in [0.3, 0.4) is 0 Å². The summed E-state index contributed by atoms with van der Waals surface area (Å²) >= 11 is 0. The first kappa shape index (κ1) is 18.7. The second kappa shape index (κ2) is 7.49. The van der Waals surface area contributed by atoms with Crippen molar-refractivity contribution in [1.29, 1.82) is 0 Å². The molecule has 0 bridgehead atoms. The molecule has 1 amide bonds. The van der Waals surface area contributed by atoms with Crippen LogP contribution in [-0.4, -0.2) is 51.1 Å². The van der Waals surface area contributed by atoms with Crippen molar-refractivity contribution in [3.63, 3.8) is 0 Å². The molecule has 2 aliphatic rings. The molecule has 1 spiro atoms. The largest absolute Gasteiger partial charge is 0.378 e. The van der Waals surface area contributed by atoms with Crippen molar-refractivity contribution in [2.24, 2.45) is 11.1 Å². The SMILES string of the molecule is CCOC1CC(NC(=O)C(N)CCS(C)(=O)=O)C12CCCCC2. The summed E-state index contributed by atoms with van der Waals surface area (Å²) in [5.74, 6) is -0.294. The van der Waals surface area contributed by atoms with Gasteiger partial charge < -0.3 is 15.8 Å². The van der Waals surface area contributed by atoms with E-state index in [2.05, 4.69) is 5.32 Å². The van der Waals surface area contributed by atoms with Crippen molar-refractivity contribution >= 4 is 15.7 Å². The fourth-order valence-corrected chi connectivity index (χ4v) is 4.70. The Hall–Kier alpha value is -0.660. The van der Waals surface area contributed by atoms with E-state index >= 15 is 0 Å². The van der Waals surface area contributed by atoms with Crippen LogP contribution in [0.5, 0.6) is 0 Å². The lowest BCUT2D eigenvalue weighted by atomic mass is 9.55. The molecule has 3 atom stereocenters. The quantitative estimate of drug-likeness (QED) is 0.716. The Labute approximate surface area is 139 Å². The Kier molecular flexibility index (Phi) is 6.08. The van der Waals surface area contributed by atoms with Gasteiger partial charge in [0.1, 0.15) is 9.84 Å². The van der Waals surface area contributed by atoms with Crippen LogP contribution in [0.2, 0.25) is 0 Å². The van der Waals surface area contributed by atoms with Gasteiger partial charge in [-0.1, -0.05) is 19.3 Å². The lowest BCUT2D eigenvalue weighted by Gasteiger charge is -2.57. The monoisotopic (exact) mass is 346 g/mol. The maximum atomic E-state index is 12.3. The molecule has 0 aliphatic heterocycles. The third-order valence-electron chi connectivity index (χ3n) is 5.39. The van der Waals surface area contributed by atoms with Gasteiger partial charge in [0, 0.05) is 24.3 Å². The molecule has 0 aromatic rings. The number of nitrogens with two attached hydrogens (primary N) is 1. The Morgan fingerprint density at radius 2 is 2.00 bits per heavy atom. The van der Waals surface area contributed by atoms with Gasteiger partial charge in [0.2, 0.25) is 5.91 Å². The molecule has 6 nitrogen and oxygen atoms in total. The molecule has 0 radical (unpaired) electrons. The molecular formula is C16H30N2O4S. The number of ether oxygens (including phenoxy) is 1. The van der Waals surface area contributed by atoms with Crippen molar-refractivity contribution in [2.75, 3.05) is 18.6 Å². The van der Waals surface area contributed by atoms with Crippen LogP contribution < -0.4 is 11.1 Å². The van der Waals surface area contributed by atoms with E-state index in [-0.39, 0.29) is 35.6 Å². The van der Waals surface area contributed by atoms with E-state index in [1.807, 2.05) is 6.92 Å². The Morgan fingerprint density at radius 3 is 2.57 bits per heavy atom. The summed E-state index contributed by atoms with van der Waals surface area (Å²) in [5.41, 5.74) is 5.91. The number of amides is 1. The van der Waals surface area contributed by atoms with Gasteiger partial charge in [-0.15, -0.1) is 0 Å². The molecular weight excluding hydrogens is 316 g/mol. The smallest absolute Gasteiger partial charge is 0.237 e. The van der Waals surface area contributed by atoms with Crippen molar-refractivity contribution in [1.82, 2.24) is 5.32 Å². The maximum absolute atomic E-state index is 12.3. The predicted octanol–water partition coefficient (Wildman–Crippen LogP) is 0.993. The fraction of sp³-hybridized carbons (Fsp3) is 0.938. The topological polar surface area (TPSA) is 98.5 Å². The number of hydrogen-bond donors (Lipinski definition) is 2. The molecule has 2 fully saturated rings. The fourth-order valence-electron chi connectivity index (χ4n) is 4.02. The van der Waals surface area contributed by atoms with Gasteiger partial charge in [-0.25, -0.2) is 8.42 Å². The summed E-state index contributed by atoms with van der Waals surface area (Å²) in [6.07, 6.45) is 8.15. The van der Waals surface area contributed by atoms with Crippen LogP contribution in [0.25, 0.3) is 0 Å². The summed E-state index contributed by atoms with van der Waals surface area (Å²) in [6.45, 7) is 2.70. The second-order valence-electron chi connectivity index (χ2n) is 7.06. The van der Waals surface area contributed by atoms with E-state index in [4.69, 9.17) is 10.5 Å². The van der Waals surface area contributed by atoms with E-state index in [9.17, 15) is 13.2 Å². The summed E-state index contributed by atoms with van der Waals surface area (Å²) < 4.78 is 28.3. The minimum atomic E-state index is -3.10. The predicted molar refractivity (Wildman–Crippen MR) is 89.8 cm³/mol. The van der Waals surface area contributed by atoms with Gasteiger partial charge in [-0.05, 0) is 32.6 Å². The Morgan fingerprint density at radius 1 is 1.35 bits per heavy atom. The highest BCUT2D eigenvalue weighted by Gasteiger charge is 2.56. The third kappa shape index (κ3) is 4.45. The van der Waals surface area contributed by atoms with Gasteiger partial charge in [-0.2, -0.15) is 0 Å². The van der Waals surface area contributed by atoms with Crippen molar-refractivity contribution in [3.8, 4) is 0 Å². The number of sulfone groups is 1. The summed E-state index contributed by atoms with van der Waals surface area (Å²) in [4.78, 5) is 12.3. The van der Waals surface area contributed by atoms with E-state index < -0.39 is 15.9 Å². The minimum absolute atomic E-state index is 0.0560. The molecule has 2 saturated carbocycles. The first-order chi connectivity index (χ1) is 10.8. The van der Waals surface area contributed by atoms with Crippen molar-refractivity contribution in [2.45, 2.75) is 70.1 Å². The summed E-state index contributed by atoms with van der Waals surface area (Å²) in [6, 6.07) is -0.660. The van der Waals surface area contributed by atoms with E-state index in [0.29, 0.717) is 6.61 Å². The van der Waals surface area contributed by atoms with Gasteiger partial charge in [0.15, 0.2) is 0 Å². The van der Waals surface area contributed by atoms with Gasteiger partial charge >= 0.3 is 0 Å². The van der Waals surface area contributed by atoms with Gasteiger partial charge in [-0.3, -0.25) is 4.79 Å². The zero-order valence-electron chi connectivity index (χ0n) is 14.2. The van der Waals surface area contributed by atoms with Crippen LogP contribution in [-0.2, 0) is 19.4 Å². The Balaban J connectivity index is 1.92.